The van der Waals surface area contributed by atoms with E-state index in [9.17, 15) is 13.2 Å². The van der Waals surface area contributed by atoms with Gasteiger partial charge in [-0.1, -0.05) is 36.4 Å². The van der Waals surface area contributed by atoms with Crippen LogP contribution in [0.2, 0.25) is 0 Å². The predicted octanol–water partition coefficient (Wildman–Crippen LogP) is 4.94. The Morgan fingerprint density at radius 1 is 0.722 bits per heavy atom. The molecule has 0 N–H and O–H groups in total. The summed E-state index contributed by atoms with van der Waals surface area (Å²) in [5.74, 6) is 0. The third-order valence-electron chi connectivity index (χ3n) is 6.48. The molecule has 0 aliphatic heterocycles. The van der Waals surface area contributed by atoms with Crippen molar-refractivity contribution in [2.24, 2.45) is 0 Å². The molecule has 0 saturated heterocycles. The van der Waals surface area contributed by atoms with Crippen LogP contribution in [0.4, 0.5) is 13.2 Å². The average molecular weight is 511 g/mol. The zero-order valence-corrected chi connectivity index (χ0v) is 19.8. The second-order valence-corrected chi connectivity index (χ2v) is 10.0. The molecular weight excluding hydrogens is 489 g/mol. The molecule has 0 fully saturated rings. The van der Waals surface area contributed by atoms with Crippen molar-refractivity contribution in [2.75, 3.05) is 0 Å². The first-order valence-corrected chi connectivity index (χ1v) is 12.8. The number of alkyl halides is 3. The Kier molecular flexibility index (Phi) is 6.13. The van der Waals surface area contributed by atoms with E-state index in [2.05, 4.69) is 76.3 Å². The van der Waals surface area contributed by atoms with Crippen LogP contribution in [-0.4, -0.2) is 23.5 Å². The van der Waals surface area contributed by atoms with E-state index in [1.165, 1.54) is 50.5 Å². The number of pyridine rings is 2. The highest BCUT2D eigenvalue weighted by Crippen LogP contribution is 2.38. The molecule has 2 aliphatic carbocycles. The maximum atomic E-state index is 10.7. The molecule has 0 amide bonds. The Bertz CT molecular complexity index is 1480. The molecule has 6 rings (SSSR count). The van der Waals surface area contributed by atoms with Crippen molar-refractivity contribution in [1.29, 1.82) is 0 Å². The lowest BCUT2D eigenvalue weighted by molar-refractivity contribution is -0.573. The van der Waals surface area contributed by atoms with Crippen LogP contribution in [0, 0.1) is 0 Å². The second kappa shape index (κ2) is 9.15. The van der Waals surface area contributed by atoms with Crippen molar-refractivity contribution in [3.05, 3.63) is 101 Å². The van der Waals surface area contributed by atoms with E-state index in [4.69, 9.17) is 13.0 Å². The highest BCUT2D eigenvalue weighted by molar-refractivity contribution is 7.86. The van der Waals surface area contributed by atoms with Gasteiger partial charge in [-0.3, -0.25) is 4.98 Å². The van der Waals surface area contributed by atoms with Gasteiger partial charge in [-0.2, -0.15) is 17.7 Å². The van der Waals surface area contributed by atoms with Crippen LogP contribution in [0.15, 0.2) is 79.1 Å². The topological polar surface area (TPSA) is 74.0 Å². The Morgan fingerprint density at radius 2 is 1.14 bits per heavy atom. The van der Waals surface area contributed by atoms with Crippen LogP contribution in [0.3, 0.4) is 0 Å². The molecule has 2 heterocycles. The van der Waals surface area contributed by atoms with Crippen molar-refractivity contribution in [1.82, 2.24) is 4.98 Å². The SMILES string of the molecule is O=S(=O)([O-])C(F)(F)F.c1ccc2c(c1)CCc1cc3c([n+](-c4ccncc4)c1-2)-c1ccccc1CC3. The summed E-state index contributed by atoms with van der Waals surface area (Å²) < 4.78 is 61.4. The largest absolute Gasteiger partial charge is 0.741 e. The van der Waals surface area contributed by atoms with E-state index in [1.807, 2.05) is 12.4 Å². The van der Waals surface area contributed by atoms with Crippen molar-refractivity contribution in [3.63, 3.8) is 0 Å². The fraction of sp³-hybridized carbons (Fsp3) is 0.185. The molecule has 0 spiro atoms. The third kappa shape index (κ3) is 4.40. The van der Waals surface area contributed by atoms with Crippen molar-refractivity contribution >= 4 is 10.1 Å². The van der Waals surface area contributed by atoms with Gasteiger partial charge in [-0.05, 0) is 55.0 Å². The molecule has 0 radical (unpaired) electrons. The number of halogens is 3. The van der Waals surface area contributed by atoms with E-state index in [0.717, 1.165) is 25.7 Å². The molecule has 9 heteroatoms. The predicted molar refractivity (Wildman–Crippen MR) is 127 cm³/mol. The van der Waals surface area contributed by atoms with Gasteiger partial charge in [0.15, 0.2) is 10.1 Å². The minimum Gasteiger partial charge on any atom is -0.741 e. The summed E-state index contributed by atoms with van der Waals surface area (Å²) in [4.78, 5) is 4.27. The monoisotopic (exact) mass is 510 g/mol. The minimum atomic E-state index is -6.09. The van der Waals surface area contributed by atoms with E-state index >= 15 is 0 Å². The minimum absolute atomic E-state index is 1.10. The van der Waals surface area contributed by atoms with Gasteiger partial charge >= 0.3 is 5.51 Å². The number of hydrogen-bond acceptors (Lipinski definition) is 4. The van der Waals surface area contributed by atoms with Crippen LogP contribution in [0.25, 0.3) is 28.2 Å². The standard InChI is InChI=1S/C26H21N2.CHF3O3S/c1-3-7-23-18(5-1)9-11-20-17-21-12-10-19-6-2-4-8-24(19)26(21)28(25(20)23)22-13-15-27-16-14-22;2-1(3,4)8(5,6)7/h1-8,13-17H,9-12H2;(H,5,6,7)/q+1;/p-1. The highest BCUT2D eigenvalue weighted by Gasteiger charge is 2.37. The Labute approximate surface area is 206 Å². The summed E-state index contributed by atoms with van der Waals surface area (Å²) in [5, 5.41) is 0. The lowest BCUT2D eigenvalue weighted by Gasteiger charge is -2.24. The first-order valence-electron chi connectivity index (χ1n) is 11.3. The summed E-state index contributed by atoms with van der Waals surface area (Å²) in [6, 6.07) is 24.5. The zero-order valence-electron chi connectivity index (χ0n) is 19.0. The summed E-state index contributed by atoms with van der Waals surface area (Å²) in [7, 11) is -6.09. The Morgan fingerprint density at radius 3 is 1.58 bits per heavy atom. The molecule has 4 aromatic rings. The quantitative estimate of drug-likeness (QED) is 0.207. The van der Waals surface area contributed by atoms with Crippen LogP contribution in [0.1, 0.15) is 22.3 Å². The number of benzene rings is 2. The molecule has 36 heavy (non-hydrogen) atoms. The van der Waals surface area contributed by atoms with Gasteiger partial charge in [-0.15, -0.1) is 0 Å². The summed E-state index contributed by atoms with van der Waals surface area (Å²) in [6.07, 6.45) is 8.25. The molecule has 2 aliphatic rings. The van der Waals surface area contributed by atoms with Gasteiger partial charge < -0.3 is 4.55 Å². The fourth-order valence-electron chi connectivity index (χ4n) is 4.94. The van der Waals surface area contributed by atoms with Crippen molar-refractivity contribution < 1.29 is 30.7 Å². The maximum Gasteiger partial charge on any atom is 0.485 e. The first kappa shape index (κ1) is 24.1. The van der Waals surface area contributed by atoms with Crippen LogP contribution >= 0.6 is 0 Å². The summed E-state index contributed by atoms with van der Waals surface area (Å²) >= 11 is 0. The number of aromatic nitrogens is 2. The molecule has 0 unspecified atom stereocenters. The van der Waals surface area contributed by atoms with E-state index in [0.29, 0.717) is 0 Å². The maximum absolute atomic E-state index is 10.7. The Hall–Kier alpha value is -3.56. The molecule has 0 bridgehead atoms. The number of fused-ring (bicyclic) bond motifs is 6. The highest BCUT2D eigenvalue weighted by atomic mass is 32.2. The lowest BCUT2D eigenvalue weighted by atomic mass is 9.83. The normalized spacial score (nSPS) is 13.9. The molecule has 2 aromatic carbocycles. The van der Waals surface area contributed by atoms with Crippen LogP contribution in [-0.2, 0) is 35.8 Å². The van der Waals surface area contributed by atoms with Crippen LogP contribution in [0.5, 0.6) is 0 Å². The zero-order chi connectivity index (χ0) is 25.5. The first-order chi connectivity index (χ1) is 17.1. The fourth-order valence-corrected chi connectivity index (χ4v) is 4.94. The second-order valence-electron chi connectivity index (χ2n) is 8.65. The van der Waals surface area contributed by atoms with Gasteiger partial charge in [0, 0.05) is 35.7 Å². The molecule has 0 atom stereocenters. The average Bonchev–Trinajstić information content (AvgIpc) is 2.87. The smallest absolute Gasteiger partial charge is 0.485 e. The van der Waals surface area contributed by atoms with Gasteiger partial charge in [0.1, 0.15) is 0 Å². The molecular formula is C27H21F3N2O3S. The van der Waals surface area contributed by atoms with Gasteiger partial charge in [0.05, 0.1) is 11.1 Å². The van der Waals surface area contributed by atoms with Gasteiger partial charge in [0.25, 0.3) is 0 Å². The molecule has 5 nitrogen and oxygen atoms in total. The lowest BCUT2D eigenvalue weighted by Crippen LogP contribution is -2.40. The molecule has 0 saturated carbocycles. The summed E-state index contributed by atoms with van der Waals surface area (Å²) in [5.41, 5.74) is 6.81. The van der Waals surface area contributed by atoms with Crippen LogP contribution < -0.4 is 4.57 Å². The molecule has 184 valence electrons. The van der Waals surface area contributed by atoms with Gasteiger partial charge in [0.2, 0.25) is 17.1 Å². The number of rotatable bonds is 1. The summed E-state index contributed by atoms with van der Waals surface area (Å²) in [6.45, 7) is 0. The number of nitrogens with zero attached hydrogens (tertiary/aromatic N) is 2. The van der Waals surface area contributed by atoms with E-state index < -0.39 is 15.6 Å². The van der Waals surface area contributed by atoms with E-state index in [1.54, 1.807) is 0 Å². The molecule has 2 aromatic heterocycles. The van der Waals surface area contributed by atoms with Gasteiger partial charge in [-0.25, -0.2) is 8.42 Å². The van der Waals surface area contributed by atoms with Crippen molar-refractivity contribution in [2.45, 2.75) is 31.2 Å². The number of hydrogen-bond donors (Lipinski definition) is 0. The van der Waals surface area contributed by atoms with Crippen molar-refractivity contribution in [3.8, 4) is 28.2 Å². The third-order valence-corrected chi connectivity index (χ3v) is 7.05. The number of aryl methyl sites for hydroxylation is 4. The Balaban J connectivity index is 0.000000292. The van der Waals surface area contributed by atoms with E-state index in [-0.39, 0.29) is 0 Å².